The molecule has 11 heteroatoms. The monoisotopic (exact) mass is 449 g/mol. The summed E-state index contributed by atoms with van der Waals surface area (Å²) in [4.78, 5) is 13.1. The molecule has 7 nitrogen and oxygen atoms in total. The van der Waals surface area contributed by atoms with Gasteiger partial charge in [0.2, 0.25) is 11.1 Å². The molecule has 0 saturated carbocycles. The van der Waals surface area contributed by atoms with E-state index in [-0.39, 0.29) is 5.69 Å². The van der Waals surface area contributed by atoms with Crippen molar-refractivity contribution in [2.75, 3.05) is 17.9 Å². The van der Waals surface area contributed by atoms with Gasteiger partial charge in [-0.3, -0.25) is 4.79 Å². The molecule has 31 heavy (non-hydrogen) atoms. The molecule has 1 amide bonds. The fourth-order valence-corrected chi connectivity index (χ4v) is 4.33. The largest absolute Gasteiger partial charge is 0.497 e. The Labute approximate surface area is 180 Å². The van der Waals surface area contributed by atoms with Crippen LogP contribution in [-0.2, 0) is 11.0 Å². The average molecular weight is 449 g/mol. The van der Waals surface area contributed by atoms with Gasteiger partial charge in [0.1, 0.15) is 16.8 Å². The number of fused-ring (bicyclic) bond motifs is 1. The van der Waals surface area contributed by atoms with Crippen LogP contribution in [0, 0.1) is 6.92 Å². The molecule has 0 radical (unpaired) electrons. The Balaban J connectivity index is 1.64. The number of hydrogen-bond acceptors (Lipinski definition) is 6. The zero-order valence-corrected chi connectivity index (χ0v) is 17.3. The molecule has 2 aromatic carbocycles. The third kappa shape index (κ3) is 4.31. The molecule has 1 aliphatic rings. The molecule has 0 fully saturated rings. The third-order valence-corrected chi connectivity index (χ3v) is 6.00. The molecule has 1 aliphatic heterocycles. The summed E-state index contributed by atoms with van der Waals surface area (Å²) in [7, 11) is 1.56. The lowest BCUT2D eigenvalue weighted by molar-refractivity contribution is -0.137. The van der Waals surface area contributed by atoms with Crippen LogP contribution in [0.5, 0.6) is 5.75 Å². The van der Waals surface area contributed by atoms with E-state index >= 15 is 0 Å². The summed E-state index contributed by atoms with van der Waals surface area (Å²) in [5, 5.41) is 10.5. The predicted molar refractivity (Wildman–Crippen MR) is 110 cm³/mol. The van der Waals surface area contributed by atoms with E-state index in [1.807, 2.05) is 12.1 Å². The first-order valence-electron chi connectivity index (χ1n) is 9.23. The Morgan fingerprint density at radius 1 is 1.19 bits per heavy atom. The van der Waals surface area contributed by atoms with E-state index in [0.717, 1.165) is 17.7 Å². The Morgan fingerprint density at radius 2 is 1.94 bits per heavy atom. The van der Waals surface area contributed by atoms with Gasteiger partial charge in [-0.15, -0.1) is 10.2 Å². The summed E-state index contributed by atoms with van der Waals surface area (Å²) in [5.41, 5.74) is 3.28. The minimum Gasteiger partial charge on any atom is -0.497 e. The second kappa shape index (κ2) is 8.14. The van der Waals surface area contributed by atoms with Gasteiger partial charge in [0.25, 0.3) is 0 Å². The van der Waals surface area contributed by atoms with Gasteiger partial charge in [0.15, 0.2) is 0 Å². The van der Waals surface area contributed by atoms with Crippen LogP contribution in [0.15, 0.2) is 53.7 Å². The minimum absolute atomic E-state index is 0.0668. The van der Waals surface area contributed by atoms with Crippen molar-refractivity contribution >= 4 is 23.4 Å². The van der Waals surface area contributed by atoms with Crippen molar-refractivity contribution in [3.05, 3.63) is 65.5 Å². The highest BCUT2D eigenvalue weighted by Gasteiger charge is 2.38. The van der Waals surface area contributed by atoms with E-state index in [2.05, 4.69) is 20.9 Å². The highest BCUT2D eigenvalue weighted by atomic mass is 32.2. The van der Waals surface area contributed by atoms with Crippen LogP contribution in [0.4, 0.5) is 18.9 Å². The number of nitrogens with one attached hydrogen (secondary N) is 2. The molecular weight excluding hydrogens is 431 g/mol. The van der Waals surface area contributed by atoms with E-state index < -0.39 is 28.9 Å². The number of halogens is 3. The van der Waals surface area contributed by atoms with E-state index in [0.29, 0.717) is 16.7 Å². The van der Waals surface area contributed by atoms with E-state index in [9.17, 15) is 18.0 Å². The number of ether oxygens (including phenoxy) is 1. The zero-order valence-electron chi connectivity index (χ0n) is 16.5. The van der Waals surface area contributed by atoms with Crippen molar-refractivity contribution in [1.29, 1.82) is 0 Å². The Kier molecular flexibility index (Phi) is 5.52. The summed E-state index contributed by atoms with van der Waals surface area (Å²) < 4.78 is 45.9. The smallest absolute Gasteiger partial charge is 0.416 e. The van der Waals surface area contributed by atoms with Gasteiger partial charge in [-0.2, -0.15) is 13.2 Å². The first kappa shape index (κ1) is 21.0. The van der Waals surface area contributed by atoms with Gasteiger partial charge < -0.3 is 15.5 Å². The topological polar surface area (TPSA) is 81.1 Å². The number of anilines is 1. The zero-order chi connectivity index (χ0) is 22.2. The number of benzene rings is 2. The maximum Gasteiger partial charge on any atom is 0.416 e. The second-order valence-corrected chi connectivity index (χ2v) is 7.96. The summed E-state index contributed by atoms with van der Waals surface area (Å²) in [6, 6.07) is 11.3. The molecule has 3 aromatic rings. The van der Waals surface area contributed by atoms with Crippen LogP contribution in [0.3, 0.4) is 0 Å². The maximum absolute atomic E-state index is 13.1. The first-order chi connectivity index (χ1) is 14.8. The quantitative estimate of drug-likeness (QED) is 0.627. The molecule has 0 bridgehead atoms. The van der Waals surface area contributed by atoms with Gasteiger partial charge >= 0.3 is 6.18 Å². The van der Waals surface area contributed by atoms with Gasteiger partial charge in [-0.05, 0) is 42.8 Å². The van der Waals surface area contributed by atoms with Crippen LogP contribution < -0.4 is 15.5 Å². The fourth-order valence-electron chi connectivity index (χ4n) is 3.21. The fraction of sp³-hybridized carbons (Fsp3) is 0.250. The predicted octanol–water partition coefficient (Wildman–Crippen LogP) is 4.01. The summed E-state index contributed by atoms with van der Waals surface area (Å²) in [6.45, 7) is 1.78. The second-order valence-electron chi connectivity index (χ2n) is 6.85. The van der Waals surface area contributed by atoms with E-state index in [4.69, 9.17) is 4.74 Å². The van der Waals surface area contributed by atoms with Crippen molar-refractivity contribution < 1.29 is 22.7 Å². The van der Waals surface area contributed by atoms with Crippen molar-refractivity contribution in [3.63, 3.8) is 0 Å². The summed E-state index contributed by atoms with van der Waals surface area (Å²) in [6.07, 6.45) is -4.50. The first-order valence-corrected chi connectivity index (χ1v) is 10.1. The minimum atomic E-state index is -4.50. The lowest BCUT2D eigenvalue weighted by atomic mass is 10.0. The number of alkyl halides is 3. The Bertz CT molecular complexity index is 1100. The number of aryl methyl sites for hydroxylation is 1. The van der Waals surface area contributed by atoms with Crippen LogP contribution >= 0.6 is 11.8 Å². The van der Waals surface area contributed by atoms with Crippen LogP contribution in [0.25, 0.3) is 0 Å². The average Bonchev–Trinajstić information content (AvgIpc) is 3.12. The van der Waals surface area contributed by atoms with Gasteiger partial charge in [0.05, 0.1) is 18.7 Å². The number of carbonyl (C=O) groups is 1. The maximum atomic E-state index is 13.1. The van der Waals surface area contributed by atoms with Crippen LogP contribution in [-0.4, -0.2) is 33.1 Å². The number of hydrogen-bond donors (Lipinski definition) is 2. The molecular formula is C20H18F3N5O2S. The van der Waals surface area contributed by atoms with Crippen molar-refractivity contribution in [1.82, 2.24) is 14.9 Å². The summed E-state index contributed by atoms with van der Waals surface area (Å²) >= 11 is 1.19. The van der Waals surface area contributed by atoms with Crippen molar-refractivity contribution in [3.8, 4) is 5.75 Å². The lowest BCUT2D eigenvalue weighted by Crippen LogP contribution is -2.41. The van der Waals surface area contributed by atoms with Gasteiger partial charge in [-0.25, -0.2) is 4.68 Å². The molecule has 162 valence electrons. The number of aromatic nitrogens is 3. The number of rotatable bonds is 4. The Hall–Kier alpha value is -3.21. The van der Waals surface area contributed by atoms with E-state index in [1.165, 1.54) is 23.9 Å². The number of carbonyl (C=O) groups excluding carboxylic acids is 1. The van der Waals surface area contributed by atoms with Crippen LogP contribution in [0.1, 0.15) is 23.0 Å². The molecule has 2 heterocycles. The van der Waals surface area contributed by atoms with Crippen molar-refractivity contribution in [2.45, 2.75) is 29.5 Å². The molecule has 0 saturated heterocycles. The highest BCUT2D eigenvalue weighted by Crippen LogP contribution is 2.38. The number of nitrogens with zero attached hydrogens (tertiary/aromatic N) is 3. The molecule has 1 aromatic heterocycles. The number of thioether (sulfide) groups is 1. The molecule has 0 unspecified atom stereocenters. The molecule has 4 rings (SSSR count). The van der Waals surface area contributed by atoms with E-state index in [1.54, 1.807) is 30.8 Å². The third-order valence-electron chi connectivity index (χ3n) is 4.79. The Morgan fingerprint density at radius 3 is 2.61 bits per heavy atom. The normalized spacial score (nSPS) is 18.1. The molecule has 0 spiro atoms. The summed E-state index contributed by atoms with van der Waals surface area (Å²) in [5.74, 6) is 0.834. The SMILES string of the molecule is COc1ccc([C@H]2Nn3c(C)nnc3S[C@H]2C(=O)Nc2cccc(C(F)(F)F)c2)cc1. The van der Waals surface area contributed by atoms with Crippen molar-refractivity contribution in [2.24, 2.45) is 0 Å². The van der Waals surface area contributed by atoms with Gasteiger partial charge in [0, 0.05) is 5.69 Å². The molecule has 2 N–H and O–H groups in total. The number of amides is 1. The van der Waals surface area contributed by atoms with Gasteiger partial charge in [-0.1, -0.05) is 30.0 Å². The standard InChI is InChI=1S/C20H18F3N5O2S/c1-11-25-26-19-28(11)27-16(12-6-8-15(30-2)9-7-12)17(31-19)18(29)24-14-5-3-4-13(10-14)20(21,22)23/h3-10,16-17,27H,1-2H3,(H,24,29)/t16-,17-/m1/s1. The molecule has 2 atom stereocenters. The molecule has 0 aliphatic carbocycles. The highest BCUT2D eigenvalue weighted by molar-refractivity contribution is 8.00. The number of methoxy groups -OCH3 is 1. The lowest BCUT2D eigenvalue weighted by Gasteiger charge is -2.32. The van der Waals surface area contributed by atoms with Crippen LogP contribution in [0.2, 0.25) is 0 Å².